The van der Waals surface area contributed by atoms with Gasteiger partial charge in [-0.3, -0.25) is 9.59 Å². The maximum Gasteiger partial charge on any atom is 0.235 e. The summed E-state index contributed by atoms with van der Waals surface area (Å²) >= 11 is 0. The molecule has 0 unspecified atom stereocenters. The highest BCUT2D eigenvalue weighted by atomic mass is 16.2. The second-order valence-electron chi connectivity index (χ2n) is 6.62. The number of nitrogens with one attached hydrogen (secondary N) is 2. The van der Waals surface area contributed by atoms with Crippen molar-refractivity contribution in [3.8, 4) is 0 Å². The van der Waals surface area contributed by atoms with Crippen LogP contribution in [0.3, 0.4) is 0 Å². The standard InChI is InChI=1S/C17H20N2O2/c20-15(11-4-3-5-11)18-12-6-7-14-13(10-12)17(16(21)19-14)8-1-2-9-17/h6-7,10-11H,1-5,8-9H2,(H,18,20)(H,19,21). The van der Waals surface area contributed by atoms with E-state index in [4.69, 9.17) is 0 Å². The largest absolute Gasteiger partial charge is 0.326 e. The van der Waals surface area contributed by atoms with Gasteiger partial charge in [-0.05, 0) is 49.4 Å². The zero-order valence-corrected chi connectivity index (χ0v) is 12.1. The first kappa shape index (κ1) is 12.9. The van der Waals surface area contributed by atoms with Gasteiger partial charge < -0.3 is 10.6 Å². The molecule has 4 nitrogen and oxygen atoms in total. The van der Waals surface area contributed by atoms with Crippen LogP contribution in [-0.4, -0.2) is 11.8 Å². The van der Waals surface area contributed by atoms with Crippen LogP contribution in [-0.2, 0) is 15.0 Å². The van der Waals surface area contributed by atoms with Crippen LogP contribution in [0.15, 0.2) is 18.2 Å². The summed E-state index contributed by atoms with van der Waals surface area (Å²) < 4.78 is 0. The molecule has 0 bridgehead atoms. The van der Waals surface area contributed by atoms with Gasteiger partial charge in [-0.25, -0.2) is 0 Å². The summed E-state index contributed by atoms with van der Waals surface area (Å²) in [6, 6.07) is 5.83. The smallest absolute Gasteiger partial charge is 0.235 e. The van der Waals surface area contributed by atoms with Crippen molar-refractivity contribution in [3.05, 3.63) is 23.8 Å². The third kappa shape index (κ3) is 1.88. The molecule has 0 atom stereocenters. The van der Waals surface area contributed by atoms with Crippen molar-refractivity contribution >= 4 is 23.2 Å². The van der Waals surface area contributed by atoms with Crippen molar-refractivity contribution in [1.29, 1.82) is 0 Å². The van der Waals surface area contributed by atoms with Crippen LogP contribution in [0.25, 0.3) is 0 Å². The molecule has 2 fully saturated rings. The van der Waals surface area contributed by atoms with Gasteiger partial charge in [-0.2, -0.15) is 0 Å². The Hall–Kier alpha value is -1.84. The number of benzene rings is 1. The first-order chi connectivity index (χ1) is 10.2. The van der Waals surface area contributed by atoms with Crippen LogP contribution in [0, 0.1) is 5.92 Å². The van der Waals surface area contributed by atoms with E-state index in [1.807, 2.05) is 18.2 Å². The molecule has 4 rings (SSSR count). The van der Waals surface area contributed by atoms with E-state index in [2.05, 4.69) is 10.6 Å². The first-order valence-corrected chi connectivity index (χ1v) is 7.96. The number of carbonyl (C=O) groups excluding carboxylic acids is 2. The molecule has 3 aliphatic rings. The molecule has 21 heavy (non-hydrogen) atoms. The average Bonchev–Trinajstić information content (AvgIpc) is 2.97. The molecule has 0 radical (unpaired) electrons. The Bertz CT molecular complexity index is 613. The van der Waals surface area contributed by atoms with Crippen LogP contribution in [0.1, 0.15) is 50.5 Å². The third-order valence-electron chi connectivity index (χ3n) is 5.42. The Morgan fingerprint density at radius 3 is 2.62 bits per heavy atom. The van der Waals surface area contributed by atoms with Crippen molar-refractivity contribution in [2.75, 3.05) is 10.6 Å². The lowest BCUT2D eigenvalue weighted by atomic mass is 9.80. The van der Waals surface area contributed by atoms with Crippen molar-refractivity contribution in [2.45, 2.75) is 50.4 Å². The predicted octanol–water partition coefficient (Wildman–Crippen LogP) is 3.19. The molecule has 1 spiro atoms. The Labute approximate surface area is 124 Å². The Morgan fingerprint density at radius 2 is 1.95 bits per heavy atom. The average molecular weight is 284 g/mol. The van der Waals surface area contributed by atoms with E-state index in [1.54, 1.807) is 0 Å². The van der Waals surface area contributed by atoms with E-state index in [0.29, 0.717) is 0 Å². The molecular weight excluding hydrogens is 264 g/mol. The van der Waals surface area contributed by atoms with Gasteiger partial charge in [0.25, 0.3) is 0 Å². The lowest BCUT2D eigenvalue weighted by Crippen LogP contribution is -2.31. The van der Waals surface area contributed by atoms with Crippen LogP contribution in [0.4, 0.5) is 11.4 Å². The van der Waals surface area contributed by atoms with Gasteiger partial charge in [0.15, 0.2) is 0 Å². The highest BCUT2D eigenvalue weighted by molar-refractivity contribution is 6.07. The van der Waals surface area contributed by atoms with Gasteiger partial charge in [0.2, 0.25) is 11.8 Å². The van der Waals surface area contributed by atoms with E-state index in [-0.39, 0.29) is 23.1 Å². The zero-order chi connectivity index (χ0) is 14.4. The minimum atomic E-state index is -0.341. The number of hydrogen-bond acceptors (Lipinski definition) is 2. The number of carbonyl (C=O) groups is 2. The summed E-state index contributed by atoms with van der Waals surface area (Å²) in [4.78, 5) is 24.4. The minimum absolute atomic E-state index is 0.124. The van der Waals surface area contributed by atoms with Gasteiger partial charge in [-0.15, -0.1) is 0 Å². The Morgan fingerprint density at radius 1 is 1.19 bits per heavy atom. The second kappa shape index (κ2) is 4.58. The second-order valence-corrected chi connectivity index (χ2v) is 6.62. The van der Waals surface area contributed by atoms with E-state index in [9.17, 15) is 9.59 Å². The SMILES string of the molecule is O=C(Nc1ccc2c(c1)C1(CCCC1)C(=O)N2)C1CCC1. The maximum absolute atomic E-state index is 12.4. The fraction of sp³-hybridized carbons (Fsp3) is 0.529. The molecule has 2 amide bonds. The molecular formula is C17H20N2O2. The first-order valence-electron chi connectivity index (χ1n) is 7.96. The fourth-order valence-corrected chi connectivity index (χ4v) is 3.88. The summed E-state index contributed by atoms with van der Waals surface area (Å²) in [6.07, 6.45) is 7.21. The highest BCUT2D eigenvalue weighted by Gasteiger charge is 2.48. The van der Waals surface area contributed by atoms with Crippen molar-refractivity contribution in [2.24, 2.45) is 5.92 Å². The summed E-state index contributed by atoms with van der Waals surface area (Å²) in [7, 11) is 0. The van der Waals surface area contributed by atoms with Gasteiger partial charge >= 0.3 is 0 Å². The number of hydrogen-bond donors (Lipinski definition) is 2. The Kier molecular flexibility index (Phi) is 2.81. The molecule has 1 aromatic rings. The monoisotopic (exact) mass is 284 g/mol. The summed E-state index contributed by atoms with van der Waals surface area (Å²) in [5.41, 5.74) is 2.49. The summed E-state index contributed by atoms with van der Waals surface area (Å²) in [6.45, 7) is 0. The van der Waals surface area contributed by atoms with Crippen LogP contribution in [0.5, 0.6) is 0 Å². The normalized spacial score (nSPS) is 22.8. The van der Waals surface area contributed by atoms with E-state index >= 15 is 0 Å². The molecule has 0 aromatic heterocycles. The highest BCUT2D eigenvalue weighted by Crippen LogP contribution is 2.49. The van der Waals surface area contributed by atoms with E-state index < -0.39 is 0 Å². The minimum Gasteiger partial charge on any atom is -0.326 e. The molecule has 2 N–H and O–H groups in total. The molecule has 2 aliphatic carbocycles. The number of amides is 2. The zero-order valence-electron chi connectivity index (χ0n) is 12.1. The topological polar surface area (TPSA) is 58.2 Å². The van der Waals surface area contributed by atoms with Gasteiger partial charge in [0.1, 0.15) is 0 Å². The molecule has 1 aromatic carbocycles. The number of rotatable bonds is 2. The van der Waals surface area contributed by atoms with Gasteiger partial charge in [-0.1, -0.05) is 19.3 Å². The maximum atomic E-state index is 12.4. The lowest BCUT2D eigenvalue weighted by Gasteiger charge is -2.25. The van der Waals surface area contributed by atoms with Crippen LogP contribution >= 0.6 is 0 Å². The number of anilines is 2. The van der Waals surface area contributed by atoms with Crippen molar-refractivity contribution in [1.82, 2.24) is 0 Å². The fourth-order valence-electron chi connectivity index (χ4n) is 3.88. The summed E-state index contributed by atoms with van der Waals surface area (Å²) in [5.74, 6) is 0.440. The third-order valence-corrected chi connectivity index (χ3v) is 5.42. The van der Waals surface area contributed by atoms with E-state index in [0.717, 1.165) is 61.9 Å². The molecule has 2 saturated carbocycles. The molecule has 0 saturated heterocycles. The Balaban J connectivity index is 1.63. The van der Waals surface area contributed by atoms with E-state index in [1.165, 1.54) is 0 Å². The predicted molar refractivity (Wildman–Crippen MR) is 81.2 cm³/mol. The lowest BCUT2D eigenvalue weighted by molar-refractivity contribution is -0.122. The van der Waals surface area contributed by atoms with Gasteiger partial charge in [0, 0.05) is 17.3 Å². The van der Waals surface area contributed by atoms with Crippen molar-refractivity contribution < 1.29 is 9.59 Å². The molecule has 1 aliphatic heterocycles. The number of fused-ring (bicyclic) bond motifs is 2. The molecule has 1 heterocycles. The van der Waals surface area contributed by atoms with Crippen LogP contribution < -0.4 is 10.6 Å². The molecule has 4 heteroatoms. The van der Waals surface area contributed by atoms with Gasteiger partial charge in [0.05, 0.1) is 5.41 Å². The molecule has 110 valence electrons. The summed E-state index contributed by atoms with van der Waals surface area (Å²) in [5, 5.41) is 6.02. The van der Waals surface area contributed by atoms with Crippen molar-refractivity contribution in [3.63, 3.8) is 0 Å². The quantitative estimate of drug-likeness (QED) is 0.876. The van der Waals surface area contributed by atoms with Crippen LogP contribution in [0.2, 0.25) is 0 Å².